The highest BCUT2D eigenvalue weighted by atomic mass is 16.4. The summed E-state index contributed by atoms with van der Waals surface area (Å²) in [7, 11) is 0. The number of carbonyl (C=O) groups is 3. The Kier molecular flexibility index (Phi) is 6.56. The van der Waals surface area contributed by atoms with Crippen molar-refractivity contribution in [2.45, 2.75) is 45.4 Å². The average molecular weight is 346 g/mol. The standard InChI is InChI=1S/C19H26N2O4/c1-3-13(2)15-7-4-5-8-16(15)21-12-14(11-17(21)22)19(25)20-10-6-9-18(23)24/h4-5,7-8,13-14H,3,6,9-12H2,1-2H3,(H,20,25)(H,23,24). The van der Waals surface area contributed by atoms with Crippen LogP contribution in [0.1, 0.15) is 51.0 Å². The molecule has 1 aliphatic rings. The molecule has 25 heavy (non-hydrogen) atoms. The number of carboxylic acid groups (broad SMARTS) is 1. The number of para-hydroxylation sites is 1. The molecular weight excluding hydrogens is 320 g/mol. The highest BCUT2D eigenvalue weighted by Gasteiger charge is 2.36. The third-order valence-electron chi connectivity index (χ3n) is 4.73. The molecule has 6 nitrogen and oxygen atoms in total. The van der Waals surface area contributed by atoms with E-state index >= 15 is 0 Å². The van der Waals surface area contributed by atoms with Gasteiger partial charge in [-0.3, -0.25) is 14.4 Å². The predicted octanol–water partition coefficient (Wildman–Crippen LogP) is 2.53. The molecule has 2 N–H and O–H groups in total. The minimum Gasteiger partial charge on any atom is -0.481 e. The van der Waals surface area contributed by atoms with Crippen molar-refractivity contribution in [3.63, 3.8) is 0 Å². The van der Waals surface area contributed by atoms with Crippen molar-refractivity contribution in [2.75, 3.05) is 18.0 Å². The van der Waals surface area contributed by atoms with Gasteiger partial charge in [-0.25, -0.2) is 0 Å². The summed E-state index contributed by atoms with van der Waals surface area (Å²) >= 11 is 0. The first-order valence-corrected chi connectivity index (χ1v) is 8.82. The topological polar surface area (TPSA) is 86.7 Å². The highest BCUT2D eigenvalue weighted by Crippen LogP contribution is 2.33. The van der Waals surface area contributed by atoms with Gasteiger partial charge in [-0.05, 0) is 30.4 Å². The molecule has 136 valence electrons. The van der Waals surface area contributed by atoms with Crippen molar-refractivity contribution in [3.8, 4) is 0 Å². The molecule has 1 aliphatic heterocycles. The van der Waals surface area contributed by atoms with E-state index in [1.54, 1.807) is 4.90 Å². The second-order valence-electron chi connectivity index (χ2n) is 6.56. The first-order chi connectivity index (χ1) is 11.9. The minimum atomic E-state index is -0.877. The Morgan fingerprint density at radius 3 is 2.76 bits per heavy atom. The van der Waals surface area contributed by atoms with Crippen LogP contribution in [-0.2, 0) is 14.4 Å². The molecule has 2 unspecified atom stereocenters. The number of nitrogens with zero attached hydrogens (tertiary/aromatic N) is 1. The van der Waals surface area contributed by atoms with Gasteiger partial charge in [0.1, 0.15) is 0 Å². The fourth-order valence-electron chi connectivity index (χ4n) is 3.08. The average Bonchev–Trinajstić information content (AvgIpc) is 2.99. The van der Waals surface area contributed by atoms with Gasteiger partial charge in [-0.1, -0.05) is 32.0 Å². The van der Waals surface area contributed by atoms with Crippen LogP contribution in [0.4, 0.5) is 5.69 Å². The summed E-state index contributed by atoms with van der Waals surface area (Å²) in [5.74, 6) is -1.14. The fourth-order valence-corrected chi connectivity index (χ4v) is 3.08. The summed E-state index contributed by atoms with van der Waals surface area (Å²) in [5, 5.41) is 11.4. The molecule has 1 saturated heterocycles. The van der Waals surface area contributed by atoms with Gasteiger partial charge in [-0.2, -0.15) is 0 Å². The van der Waals surface area contributed by atoms with Gasteiger partial charge in [-0.15, -0.1) is 0 Å². The Morgan fingerprint density at radius 2 is 2.08 bits per heavy atom. The summed E-state index contributed by atoms with van der Waals surface area (Å²) in [6.07, 6.45) is 1.59. The van der Waals surface area contributed by atoms with Crippen molar-refractivity contribution in [3.05, 3.63) is 29.8 Å². The number of aliphatic carboxylic acids is 1. The molecule has 0 saturated carbocycles. The van der Waals surface area contributed by atoms with Crippen LogP contribution in [-0.4, -0.2) is 36.0 Å². The monoisotopic (exact) mass is 346 g/mol. The zero-order chi connectivity index (χ0) is 18.4. The van der Waals surface area contributed by atoms with Crippen LogP contribution >= 0.6 is 0 Å². The van der Waals surface area contributed by atoms with Crippen LogP contribution in [0.15, 0.2) is 24.3 Å². The van der Waals surface area contributed by atoms with Gasteiger partial charge >= 0.3 is 5.97 Å². The summed E-state index contributed by atoms with van der Waals surface area (Å²) in [6, 6.07) is 7.86. The molecule has 6 heteroatoms. The molecule has 0 aliphatic carbocycles. The lowest BCUT2D eigenvalue weighted by Crippen LogP contribution is -2.34. The first-order valence-electron chi connectivity index (χ1n) is 8.82. The van der Waals surface area contributed by atoms with Crippen LogP contribution in [0.25, 0.3) is 0 Å². The summed E-state index contributed by atoms with van der Waals surface area (Å²) < 4.78 is 0. The molecule has 0 bridgehead atoms. The number of rotatable bonds is 8. The second-order valence-corrected chi connectivity index (χ2v) is 6.56. The Labute approximate surface area is 148 Å². The number of amides is 2. The van der Waals surface area contributed by atoms with Gasteiger partial charge < -0.3 is 15.3 Å². The Balaban J connectivity index is 2.01. The van der Waals surface area contributed by atoms with E-state index in [2.05, 4.69) is 19.2 Å². The van der Waals surface area contributed by atoms with E-state index in [1.165, 1.54) is 0 Å². The minimum absolute atomic E-state index is 0.0261. The highest BCUT2D eigenvalue weighted by molar-refractivity contribution is 6.00. The lowest BCUT2D eigenvalue weighted by atomic mass is 9.96. The van der Waals surface area contributed by atoms with Crippen LogP contribution in [0.3, 0.4) is 0 Å². The van der Waals surface area contributed by atoms with Crippen LogP contribution in [0.5, 0.6) is 0 Å². The summed E-state index contributed by atoms with van der Waals surface area (Å²) in [4.78, 5) is 36.9. The van der Waals surface area contributed by atoms with Gasteiger partial charge in [0.05, 0.1) is 5.92 Å². The molecule has 2 atom stereocenters. The number of hydrogen-bond acceptors (Lipinski definition) is 3. The van der Waals surface area contributed by atoms with Crippen molar-refractivity contribution in [1.29, 1.82) is 0 Å². The van der Waals surface area contributed by atoms with E-state index in [-0.39, 0.29) is 30.6 Å². The summed E-state index contributed by atoms with van der Waals surface area (Å²) in [5.41, 5.74) is 2.02. The Morgan fingerprint density at radius 1 is 1.36 bits per heavy atom. The number of carbonyl (C=O) groups excluding carboxylic acids is 2. The smallest absolute Gasteiger partial charge is 0.303 e. The van der Waals surface area contributed by atoms with Gasteiger partial charge in [0, 0.05) is 31.6 Å². The van der Waals surface area contributed by atoms with Crippen LogP contribution in [0, 0.1) is 5.92 Å². The summed E-state index contributed by atoms with van der Waals surface area (Å²) in [6.45, 7) is 4.93. The van der Waals surface area contributed by atoms with Crippen LogP contribution < -0.4 is 10.2 Å². The van der Waals surface area contributed by atoms with Crippen molar-refractivity contribution in [1.82, 2.24) is 5.32 Å². The van der Waals surface area contributed by atoms with E-state index in [0.29, 0.717) is 25.4 Å². The Hall–Kier alpha value is -2.37. The zero-order valence-electron chi connectivity index (χ0n) is 14.8. The molecule has 0 aromatic heterocycles. The largest absolute Gasteiger partial charge is 0.481 e. The van der Waals surface area contributed by atoms with E-state index in [1.807, 2.05) is 24.3 Å². The molecule has 1 aromatic carbocycles. The molecule has 0 radical (unpaired) electrons. The quantitative estimate of drug-likeness (QED) is 0.708. The number of nitrogens with one attached hydrogen (secondary N) is 1. The maximum absolute atomic E-state index is 12.4. The fraction of sp³-hybridized carbons (Fsp3) is 0.526. The van der Waals surface area contributed by atoms with E-state index in [4.69, 9.17) is 5.11 Å². The first kappa shape index (κ1) is 19.0. The van der Waals surface area contributed by atoms with Crippen molar-refractivity contribution in [2.24, 2.45) is 5.92 Å². The van der Waals surface area contributed by atoms with Gasteiger partial charge in [0.25, 0.3) is 0 Å². The van der Waals surface area contributed by atoms with Gasteiger partial charge in [0.15, 0.2) is 0 Å². The second kappa shape index (κ2) is 8.65. The molecular formula is C19H26N2O4. The molecule has 1 aromatic rings. The van der Waals surface area contributed by atoms with Crippen molar-refractivity contribution < 1.29 is 19.5 Å². The maximum atomic E-state index is 12.4. The number of anilines is 1. The number of benzene rings is 1. The van der Waals surface area contributed by atoms with Crippen molar-refractivity contribution >= 4 is 23.5 Å². The predicted molar refractivity (Wildman–Crippen MR) is 95.5 cm³/mol. The third-order valence-corrected chi connectivity index (χ3v) is 4.73. The SMILES string of the molecule is CCC(C)c1ccccc1N1CC(C(=O)NCCCC(=O)O)CC1=O. The zero-order valence-corrected chi connectivity index (χ0v) is 14.8. The Bertz CT molecular complexity index is 644. The van der Waals surface area contributed by atoms with E-state index in [0.717, 1.165) is 17.7 Å². The molecule has 1 heterocycles. The van der Waals surface area contributed by atoms with E-state index < -0.39 is 5.97 Å². The van der Waals surface area contributed by atoms with Gasteiger partial charge in [0.2, 0.25) is 11.8 Å². The number of hydrogen-bond donors (Lipinski definition) is 2. The van der Waals surface area contributed by atoms with Crippen LogP contribution in [0.2, 0.25) is 0 Å². The third kappa shape index (κ3) is 4.81. The number of carboxylic acids is 1. The normalized spacial score (nSPS) is 18.2. The maximum Gasteiger partial charge on any atom is 0.303 e. The lowest BCUT2D eigenvalue weighted by molar-refractivity contribution is -0.137. The molecule has 0 spiro atoms. The molecule has 2 rings (SSSR count). The molecule has 1 fully saturated rings. The van der Waals surface area contributed by atoms with E-state index in [9.17, 15) is 14.4 Å². The lowest BCUT2D eigenvalue weighted by Gasteiger charge is -2.23. The molecule has 2 amide bonds.